The molecule has 6 heteroatoms. The van der Waals surface area contributed by atoms with Crippen LogP contribution in [0.2, 0.25) is 0 Å². The van der Waals surface area contributed by atoms with Crippen molar-refractivity contribution in [3.63, 3.8) is 0 Å². The van der Waals surface area contributed by atoms with Crippen molar-refractivity contribution in [2.45, 2.75) is 51.6 Å². The third-order valence-electron chi connectivity index (χ3n) is 3.59. The van der Waals surface area contributed by atoms with Gasteiger partial charge in [-0.15, -0.1) is 0 Å². The Morgan fingerprint density at radius 3 is 2.85 bits per heavy atom. The molecule has 1 amide bonds. The van der Waals surface area contributed by atoms with Crippen molar-refractivity contribution < 1.29 is 14.3 Å². The third kappa shape index (κ3) is 6.34. The van der Waals surface area contributed by atoms with E-state index in [1.54, 1.807) is 6.92 Å². The first kappa shape index (κ1) is 16.9. The molecule has 0 aromatic rings. The molecule has 0 radical (unpaired) electrons. The number of carbonyl (C=O) groups is 2. The lowest BCUT2D eigenvalue weighted by Gasteiger charge is -2.35. The van der Waals surface area contributed by atoms with Gasteiger partial charge in [-0.25, -0.2) is 0 Å². The van der Waals surface area contributed by atoms with Crippen LogP contribution in [0.5, 0.6) is 0 Å². The lowest BCUT2D eigenvalue weighted by atomic mass is 9.99. The quantitative estimate of drug-likeness (QED) is 0.518. The summed E-state index contributed by atoms with van der Waals surface area (Å²) in [6.45, 7) is 6.09. The zero-order valence-corrected chi connectivity index (χ0v) is 12.6. The molecule has 1 fully saturated rings. The van der Waals surface area contributed by atoms with Gasteiger partial charge in [-0.05, 0) is 33.1 Å². The first-order valence-corrected chi connectivity index (χ1v) is 7.44. The number of nitrogens with two attached hydrogens (primary N) is 1. The molecule has 0 bridgehead atoms. The third-order valence-corrected chi connectivity index (χ3v) is 3.59. The van der Waals surface area contributed by atoms with Gasteiger partial charge in [0.2, 0.25) is 5.91 Å². The highest BCUT2D eigenvalue weighted by atomic mass is 16.5. The summed E-state index contributed by atoms with van der Waals surface area (Å²) in [5.74, 6) is -0.198. The topological polar surface area (TPSA) is 84.7 Å². The van der Waals surface area contributed by atoms with Crippen LogP contribution in [-0.2, 0) is 14.3 Å². The second-order valence-corrected chi connectivity index (χ2v) is 5.36. The molecule has 1 saturated heterocycles. The average molecular weight is 285 g/mol. The van der Waals surface area contributed by atoms with E-state index in [2.05, 4.69) is 17.1 Å². The number of nitrogens with zero attached hydrogens (tertiary/aromatic N) is 1. The lowest BCUT2D eigenvalue weighted by Crippen LogP contribution is -2.49. The van der Waals surface area contributed by atoms with Gasteiger partial charge in [-0.3, -0.25) is 14.5 Å². The minimum atomic E-state index is -0.208. The van der Waals surface area contributed by atoms with Crippen LogP contribution in [0.3, 0.4) is 0 Å². The predicted molar refractivity (Wildman–Crippen MR) is 77.1 cm³/mol. The fourth-order valence-corrected chi connectivity index (χ4v) is 2.43. The maximum Gasteiger partial charge on any atom is 0.305 e. The fourth-order valence-electron chi connectivity index (χ4n) is 2.43. The summed E-state index contributed by atoms with van der Waals surface area (Å²) in [6, 6.07) is 0.609. The van der Waals surface area contributed by atoms with Crippen LogP contribution in [0.1, 0.15) is 39.5 Å². The first-order chi connectivity index (χ1) is 9.52. The fraction of sp³-hybridized carbons (Fsp3) is 0.857. The zero-order chi connectivity index (χ0) is 15.0. The van der Waals surface area contributed by atoms with Crippen LogP contribution >= 0.6 is 0 Å². The molecule has 0 saturated carbocycles. The lowest BCUT2D eigenvalue weighted by molar-refractivity contribution is -0.143. The van der Waals surface area contributed by atoms with Crippen molar-refractivity contribution in [3.8, 4) is 0 Å². The maximum absolute atomic E-state index is 11.8. The summed E-state index contributed by atoms with van der Waals surface area (Å²) in [5.41, 5.74) is 5.90. The van der Waals surface area contributed by atoms with Gasteiger partial charge >= 0.3 is 5.97 Å². The predicted octanol–water partition coefficient (Wildman–Crippen LogP) is 0.258. The highest BCUT2D eigenvalue weighted by Crippen LogP contribution is 2.14. The molecule has 116 valence electrons. The van der Waals surface area contributed by atoms with Crippen molar-refractivity contribution >= 4 is 11.9 Å². The molecule has 2 unspecified atom stereocenters. The Labute approximate surface area is 121 Å². The number of amides is 1. The number of ether oxygens (including phenoxy) is 1. The van der Waals surface area contributed by atoms with Crippen LogP contribution in [-0.4, -0.2) is 55.1 Å². The van der Waals surface area contributed by atoms with Gasteiger partial charge in [0.1, 0.15) is 0 Å². The van der Waals surface area contributed by atoms with Crippen molar-refractivity contribution in [3.05, 3.63) is 0 Å². The van der Waals surface area contributed by atoms with E-state index in [1.807, 2.05) is 0 Å². The van der Waals surface area contributed by atoms with Gasteiger partial charge in [0.25, 0.3) is 0 Å². The van der Waals surface area contributed by atoms with E-state index in [9.17, 15) is 9.59 Å². The Hall–Kier alpha value is -1.14. The molecule has 3 N–H and O–H groups in total. The zero-order valence-electron chi connectivity index (χ0n) is 12.6. The SMILES string of the molecule is CCOC(=O)CCCNC(=O)CN1CCC(N)CC1C. The number of carbonyl (C=O) groups excluding carboxylic acids is 2. The van der Waals surface area contributed by atoms with Gasteiger partial charge < -0.3 is 15.8 Å². The smallest absolute Gasteiger partial charge is 0.305 e. The molecule has 0 aliphatic carbocycles. The van der Waals surface area contributed by atoms with Crippen LogP contribution in [0, 0.1) is 0 Å². The molecule has 1 rings (SSSR count). The van der Waals surface area contributed by atoms with Crippen molar-refractivity contribution in [2.24, 2.45) is 5.73 Å². The Bertz CT molecular complexity index is 323. The molecule has 0 aromatic heterocycles. The maximum atomic E-state index is 11.8. The van der Waals surface area contributed by atoms with Gasteiger partial charge in [0, 0.05) is 31.6 Å². The highest BCUT2D eigenvalue weighted by molar-refractivity contribution is 5.78. The molecule has 6 nitrogen and oxygen atoms in total. The number of nitrogens with one attached hydrogen (secondary N) is 1. The number of hydrogen-bond acceptors (Lipinski definition) is 5. The molecule has 1 aliphatic heterocycles. The standard InChI is InChI=1S/C14H27N3O3/c1-3-20-14(19)5-4-7-16-13(18)10-17-8-6-12(15)9-11(17)2/h11-12H,3-10,15H2,1-2H3,(H,16,18). The molecular weight excluding hydrogens is 258 g/mol. The minimum absolute atomic E-state index is 0.0104. The Morgan fingerprint density at radius 2 is 2.20 bits per heavy atom. The van der Waals surface area contributed by atoms with Gasteiger partial charge in [-0.2, -0.15) is 0 Å². The normalized spacial score (nSPS) is 23.4. The van der Waals surface area contributed by atoms with Crippen LogP contribution in [0.15, 0.2) is 0 Å². The van der Waals surface area contributed by atoms with Crippen molar-refractivity contribution in [1.82, 2.24) is 10.2 Å². The molecule has 1 heterocycles. The van der Waals surface area contributed by atoms with E-state index in [-0.39, 0.29) is 17.9 Å². The number of esters is 1. The Balaban J connectivity index is 2.12. The van der Waals surface area contributed by atoms with Crippen molar-refractivity contribution in [1.29, 1.82) is 0 Å². The summed E-state index contributed by atoms with van der Waals surface area (Å²) < 4.78 is 4.82. The van der Waals surface area contributed by atoms with Crippen LogP contribution in [0.4, 0.5) is 0 Å². The number of piperidine rings is 1. The van der Waals surface area contributed by atoms with Gasteiger partial charge in [0.15, 0.2) is 0 Å². The first-order valence-electron chi connectivity index (χ1n) is 7.44. The van der Waals surface area contributed by atoms with E-state index in [0.717, 1.165) is 19.4 Å². The van der Waals surface area contributed by atoms with Gasteiger partial charge in [-0.1, -0.05) is 0 Å². The molecule has 20 heavy (non-hydrogen) atoms. The molecular formula is C14H27N3O3. The van der Waals surface area contributed by atoms with E-state index >= 15 is 0 Å². The van der Waals surface area contributed by atoms with Crippen molar-refractivity contribution in [2.75, 3.05) is 26.2 Å². The summed E-state index contributed by atoms with van der Waals surface area (Å²) in [6.07, 6.45) is 2.85. The van der Waals surface area contributed by atoms with E-state index in [4.69, 9.17) is 10.5 Å². The highest BCUT2D eigenvalue weighted by Gasteiger charge is 2.24. The monoisotopic (exact) mass is 285 g/mol. The summed E-state index contributed by atoms with van der Waals surface area (Å²) in [7, 11) is 0. The molecule has 0 aromatic carbocycles. The van der Waals surface area contributed by atoms with Crippen LogP contribution in [0.25, 0.3) is 0 Å². The largest absolute Gasteiger partial charge is 0.466 e. The number of likely N-dealkylation sites (tertiary alicyclic amines) is 1. The second kappa shape index (κ2) is 8.92. The number of rotatable bonds is 7. The van der Waals surface area contributed by atoms with Crippen LogP contribution < -0.4 is 11.1 Å². The summed E-state index contributed by atoms with van der Waals surface area (Å²) in [5, 5.41) is 2.84. The molecule has 0 spiro atoms. The Morgan fingerprint density at radius 1 is 1.45 bits per heavy atom. The summed E-state index contributed by atoms with van der Waals surface area (Å²) in [4.78, 5) is 25.1. The molecule has 2 atom stereocenters. The van der Waals surface area contributed by atoms with E-state index < -0.39 is 0 Å². The summed E-state index contributed by atoms with van der Waals surface area (Å²) >= 11 is 0. The van der Waals surface area contributed by atoms with Gasteiger partial charge in [0.05, 0.1) is 13.2 Å². The van der Waals surface area contributed by atoms with E-state index in [1.165, 1.54) is 0 Å². The number of hydrogen-bond donors (Lipinski definition) is 2. The average Bonchev–Trinajstić information content (AvgIpc) is 2.38. The van der Waals surface area contributed by atoms with E-state index in [0.29, 0.717) is 38.6 Å². The molecule has 1 aliphatic rings. The second-order valence-electron chi connectivity index (χ2n) is 5.36. The minimum Gasteiger partial charge on any atom is -0.466 e. The Kier molecular flexibility index (Phi) is 7.54.